The highest BCUT2D eigenvalue weighted by Gasteiger charge is 2.40. The number of hydrogen-bond acceptors (Lipinski definition) is 2. The van der Waals surface area contributed by atoms with E-state index in [1.54, 1.807) is 18.2 Å². The van der Waals surface area contributed by atoms with Gasteiger partial charge in [-0.1, -0.05) is 18.0 Å². The summed E-state index contributed by atoms with van der Waals surface area (Å²) in [6.45, 7) is 0. The van der Waals surface area contributed by atoms with Gasteiger partial charge in [0.1, 0.15) is 0 Å². The van der Waals surface area contributed by atoms with Crippen LogP contribution in [0.3, 0.4) is 0 Å². The molecule has 1 aromatic carbocycles. The van der Waals surface area contributed by atoms with Gasteiger partial charge in [-0.15, -0.1) is 0 Å². The zero-order valence-electron chi connectivity index (χ0n) is 11.2. The molecule has 1 amide bonds. The van der Waals surface area contributed by atoms with E-state index in [2.05, 4.69) is 5.32 Å². The second-order valence-electron chi connectivity index (χ2n) is 5.99. The lowest BCUT2D eigenvalue weighted by Gasteiger charge is -2.21. The van der Waals surface area contributed by atoms with Gasteiger partial charge in [0.25, 0.3) is 0 Å². The van der Waals surface area contributed by atoms with E-state index in [4.69, 9.17) is 16.9 Å². The van der Waals surface area contributed by atoms with Crippen LogP contribution in [0.1, 0.15) is 37.7 Å². The molecule has 20 heavy (non-hydrogen) atoms. The Morgan fingerprint density at radius 2 is 2.25 bits per heavy atom. The highest BCUT2D eigenvalue weighted by molar-refractivity contribution is 6.33. The number of amides is 1. The van der Waals surface area contributed by atoms with Crippen molar-refractivity contribution in [2.24, 2.45) is 17.8 Å². The van der Waals surface area contributed by atoms with E-state index in [1.807, 2.05) is 6.07 Å². The molecular formula is C16H17ClN2O. The minimum absolute atomic E-state index is 0.0363. The Morgan fingerprint density at radius 1 is 1.40 bits per heavy atom. The Kier molecular flexibility index (Phi) is 3.67. The van der Waals surface area contributed by atoms with Gasteiger partial charge in [-0.2, -0.15) is 5.26 Å². The predicted molar refractivity (Wildman–Crippen MR) is 78.4 cm³/mol. The van der Waals surface area contributed by atoms with Crippen LogP contribution < -0.4 is 5.32 Å². The Morgan fingerprint density at radius 3 is 2.85 bits per heavy atom. The second-order valence-corrected chi connectivity index (χ2v) is 6.40. The maximum atomic E-state index is 12.1. The molecule has 0 aromatic heterocycles. The number of fused-ring (bicyclic) bond motifs is 2. The molecule has 3 unspecified atom stereocenters. The highest BCUT2D eigenvalue weighted by atomic mass is 35.5. The van der Waals surface area contributed by atoms with Crippen molar-refractivity contribution >= 4 is 23.2 Å². The molecule has 0 radical (unpaired) electrons. The third kappa shape index (κ3) is 2.66. The second kappa shape index (κ2) is 5.46. The molecule has 1 aromatic rings. The van der Waals surface area contributed by atoms with Crippen LogP contribution in [0.5, 0.6) is 0 Å². The number of nitriles is 1. The molecule has 104 valence electrons. The molecule has 3 nitrogen and oxygen atoms in total. The smallest absolute Gasteiger partial charge is 0.224 e. The topological polar surface area (TPSA) is 52.9 Å². The number of carbonyl (C=O) groups is 1. The lowest BCUT2D eigenvalue weighted by molar-refractivity contribution is -0.117. The molecule has 2 aliphatic rings. The normalized spacial score (nSPS) is 27.3. The fourth-order valence-electron chi connectivity index (χ4n) is 3.75. The molecule has 2 bridgehead atoms. The molecule has 0 spiro atoms. The lowest BCUT2D eigenvalue weighted by atomic mass is 9.86. The van der Waals surface area contributed by atoms with Gasteiger partial charge in [-0.3, -0.25) is 4.79 Å². The van der Waals surface area contributed by atoms with Crippen LogP contribution in [0, 0.1) is 29.1 Å². The van der Waals surface area contributed by atoms with Crippen LogP contribution in [0.15, 0.2) is 18.2 Å². The van der Waals surface area contributed by atoms with Crippen molar-refractivity contribution in [3.8, 4) is 6.07 Å². The van der Waals surface area contributed by atoms with Gasteiger partial charge in [-0.05, 0) is 55.2 Å². The van der Waals surface area contributed by atoms with Crippen molar-refractivity contribution in [2.45, 2.75) is 32.1 Å². The third-order valence-electron chi connectivity index (χ3n) is 4.70. The van der Waals surface area contributed by atoms with Crippen molar-refractivity contribution in [2.75, 3.05) is 5.32 Å². The van der Waals surface area contributed by atoms with Crippen LogP contribution in [-0.2, 0) is 4.79 Å². The maximum absolute atomic E-state index is 12.1. The minimum Gasteiger partial charge on any atom is -0.325 e. The molecule has 0 aliphatic heterocycles. The first-order valence-corrected chi connectivity index (χ1v) is 7.53. The largest absolute Gasteiger partial charge is 0.325 e. The molecule has 4 heteroatoms. The van der Waals surface area contributed by atoms with Crippen LogP contribution in [0.2, 0.25) is 5.02 Å². The van der Waals surface area contributed by atoms with E-state index in [9.17, 15) is 4.79 Å². The average molecular weight is 289 g/mol. The average Bonchev–Trinajstić information content (AvgIpc) is 3.03. The van der Waals surface area contributed by atoms with Crippen LogP contribution >= 0.6 is 11.6 Å². The Bertz CT molecular complexity index is 578. The van der Waals surface area contributed by atoms with Gasteiger partial charge in [0.2, 0.25) is 5.91 Å². The van der Waals surface area contributed by atoms with Crippen LogP contribution in [0.4, 0.5) is 5.69 Å². The predicted octanol–water partition coefficient (Wildman–Crippen LogP) is 3.98. The first-order chi connectivity index (χ1) is 9.65. The van der Waals surface area contributed by atoms with E-state index in [0.29, 0.717) is 28.6 Å². The summed E-state index contributed by atoms with van der Waals surface area (Å²) in [5.41, 5.74) is 1.10. The Labute approximate surface area is 123 Å². The summed E-state index contributed by atoms with van der Waals surface area (Å²) < 4.78 is 0. The lowest BCUT2D eigenvalue weighted by Crippen LogP contribution is -2.20. The number of carbonyl (C=O) groups excluding carboxylic acids is 1. The summed E-state index contributed by atoms with van der Waals surface area (Å²) in [5.74, 6) is 2.19. The van der Waals surface area contributed by atoms with Crippen molar-refractivity contribution in [1.82, 2.24) is 0 Å². The van der Waals surface area contributed by atoms with E-state index in [0.717, 1.165) is 11.8 Å². The first kappa shape index (κ1) is 13.5. The summed E-state index contributed by atoms with van der Waals surface area (Å²) in [6.07, 6.45) is 5.76. The number of anilines is 1. The summed E-state index contributed by atoms with van der Waals surface area (Å²) in [7, 11) is 0. The van der Waals surface area contributed by atoms with Crippen molar-refractivity contribution in [1.29, 1.82) is 5.26 Å². The minimum atomic E-state index is 0.0363. The van der Waals surface area contributed by atoms with Gasteiger partial charge >= 0.3 is 0 Å². The fourth-order valence-corrected chi connectivity index (χ4v) is 3.98. The van der Waals surface area contributed by atoms with Gasteiger partial charge in [-0.25, -0.2) is 0 Å². The van der Waals surface area contributed by atoms with Crippen molar-refractivity contribution < 1.29 is 4.79 Å². The molecule has 3 rings (SSSR count). The number of benzene rings is 1. The SMILES string of the molecule is N#Cc1ccc(NC(=O)CC2CC3CCC2C3)c(Cl)c1. The monoisotopic (exact) mass is 288 g/mol. The summed E-state index contributed by atoms with van der Waals surface area (Å²) in [5, 5.41) is 12.1. The summed E-state index contributed by atoms with van der Waals surface area (Å²) in [6, 6.07) is 6.97. The number of nitrogens with zero attached hydrogens (tertiary/aromatic N) is 1. The molecule has 0 saturated heterocycles. The molecular weight excluding hydrogens is 272 g/mol. The van der Waals surface area contributed by atoms with Crippen molar-refractivity contribution in [3.05, 3.63) is 28.8 Å². The first-order valence-electron chi connectivity index (χ1n) is 7.15. The maximum Gasteiger partial charge on any atom is 0.224 e. The summed E-state index contributed by atoms with van der Waals surface area (Å²) in [4.78, 5) is 12.1. The number of halogens is 1. The Balaban J connectivity index is 1.60. The molecule has 3 atom stereocenters. The van der Waals surface area contributed by atoms with E-state index in [1.165, 1.54) is 25.7 Å². The Hall–Kier alpha value is -1.53. The molecule has 0 heterocycles. The van der Waals surface area contributed by atoms with E-state index in [-0.39, 0.29) is 5.91 Å². The molecule has 2 aliphatic carbocycles. The highest BCUT2D eigenvalue weighted by Crippen LogP contribution is 2.49. The van der Waals surface area contributed by atoms with Gasteiger partial charge in [0.15, 0.2) is 0 Å². The number of rotatable bonds is 3. The fraction of sp³-hybridized carbons (Fsp3) is 0.500. The standard InChI is InChI=1S/C16H17ClN2O/c17-14-7-11(9-18)2-4-15(14)19-16(20)8-13-6-10-1-3-12(13)5-10/h2,4,7,10,12-13H,1,3,5-6,8H2,(H,19,20). The summed E-state index contributed by atoms with van der Waals surface area (Å²) >= 11 is 6.07. The van der Waals surface area contributed by atoms with Crippen LogP contribution in [-0.4, -0.2) is 5.91 Å². The number of hydrogen-bond donors (Lipinski definition) is 1. The van der Waals surface area contributed by atoms with Crippen molar-refractivity contribution in [3.63, 3.8) is 0 Å². The van der Waals surface area contributed by atoms with Crippen LogP contribution in [0.25, 0.3) is 0 Å². The molecule has 1 N–H and O–H groups in total. The quantitative estimate of drug-likeness (QED) is 0.915. The zero-order valence-corrected chi connectivity index (χ0v) is 12.0. The molecule has 2 saturated carbocycles. The van der Waals surface area contributed by atoms with Gasteiger partial charge in [0.05, 0.1) is 22.3 Å². The molecule has 2 fully saturated rings. The third-order valence-corrected chi connectivity index (χ3v) is 5.02. The van der Waals surface area contributed by atoms with E-state index >= 15 is 0 Å². The van der Waals surface area contributed by atoms with E-state index < -0.39 is 0 Å². The number of nitrogens with one attached hydrogen (secondary N) is 1. The van der Waals surface area contributed by atoms with Gasteiger partial charge < -0.3 is 5.32 Å². The zero-order chi connectivity index (χ0) is 14.1. The van der Waals surface area contributed by atoms with Gasteiger partial charge in [0, 0.05) is 6.42 Å².